The molecule has 0 saturated heterocycles. The van der Waals surface area contributed by atoms with Gasteiger partial charge in [0.15, 0.2) is 0 Å². The Kier molecular flexibility index (Phi) is 3.42. The summed E-state index contributed by atoms with van der Waals surface area (Å²) < 4.78 is 0. The SMILES string of the molecule is CCCNc1c(C)cccc1Cl. The largest absolute Gasteiger partial charge is 0.384 e. The lowest BCUT2D eigenvalue weighted by molar-refractivity contribution is 0.977. The standard InChI is InChI=1S/C10H14ClN/c1-3-7-12-10-8(2)5-4-6-9(10)11/h4-6,12H,3,7H2,1-2H3. The lowest BCUT2D eigenvalue weighted by atomic mass is 10.2. The summed E-state index contributed by atoms with van der Waals surface area (Å²) in [6.45, 7) is 5.17. The first-order valence-corrected chi connectivity index (χ1v) is 4.62. The number of para-hydroxylation sites is 1. The van der Waals surface area contributed by atoms with Gasteiger partial charge in [0.1, 0.15) is 0 Å². The van der Waals surface area contributed by atoms with E-state index in [4.69, 9.17) is 11.6 Å². The monoisotopic (exact) mass is 183 g/mol. The molecule has 66 valence electrons. The summed E-state index contributed by atoms with van der Waals surface area (Å²) in [5.74, 6) is 0. The van der Waals surface area contributed by atoms with Gasteiger partial charge in [0.05, 0.1) is 10.7 Å². The fraction of sp³-hybridized carbons (Fsp3) is 0.400. The number of nitrogens with one attached hydrogen (secondary N) is 1. The van der Waals surface area contributed by atoms with Crippen LogP contribution in [0.25, 0.3) is 0 Å². The molecular weight excluding hydrogens is 170 g/mol. The average Bonchev–Trinajstić information content (AvgIpc) is 2.04. The summed E-state index contributed by atoms with van der Waals surface area (Å²) in [5.41, 5.74) is 2.27. The van der Waals surface area contributed by atoms with Crippen LogP contribution in [0.5, 0.6) is 0 Å². The van der Waals surface area contributed by atoms with Gasteiger partial charge in [0, 0.05) is 6.54 Å². The molecule has 0 atom stereocenters. The van der Waals surface area contributed by atoms with E-state index < -0.39 is 0 Å². The van der Waals surface area contributed by atoms with E-state index >= 15 is 0 Å². The third-order valence-electron chi connectivity index (χ3n) is 1.77. The molecule has 0 radical (unpaired) electrons. The Bertz CT molecular complexity index is 238. The Hall–Kier alpha value is -0.690. The molecule has 2 heteroatoms. The highest BCUT2D eigenvalue weighted by Crippen LogP contribution is 2.24. The summed E-state index contributed by atoms with van der Waals surface area (Å²) in [5, 5.41) is 4.11. The first-order chi connectivity index (χ1) is 5.75. The molecule has 1 N–H and O–H groups in total. The fourth-order valence-corrected chi connectivity index (χ4v) is 1.39. The van der Waals surface area contributed by atoms with E-state index in [9.17, 15) is 0 Å². The van der Waals surface area contributed by atoms with Crippen molar-refractivity contribution >= 4 is 17.3 Å². The summed E-state index contributed by atoms with van der Waals surface area (Å²) in [6, 6.07) is 5.94. The molecule has 0 unspecified atom stereocenters. The van der Waals surface area contributed by atoms with Crippen LogP contribution in [-0.4, -0.2) is 6.54 Å². The molecule has 0 saturated carbocycles. The van der Waals surface area contributed by atoms with Crippen LogP contribution in [0.2, 0.25) is 5.02 Å². The van der Waals surface area contributed by atoms with E-state index in [-0.39, 0.29) is 0 Å². The summed E-state index contributed by atoms with van der Waals surface area (Å²) in [6.07, 6.45) is 1.12. The molecule has 0 fully saturated rings. The second-order valence-corrected chi connectivity index (χ2v) is 3.27. The van der Waals surface area contributed by atoms with Crippen molar-refractivity contribution in [1.29, 1.82) is 0 Å². The van der Waals surface area contributed by atoms with Crippen molar-refractivity contribution in [3.8, 4) is 0 Å². The van der Waals surface area contributed by atoms with Crippen LogP contribution in [0.3, 0.4) is 0 Å². The Morgan fingerprint density at radius 3 is 2.75 bits per heavy atom. The maximum atomic E-state index is 6.00. The molecule has 0 aromatic heterocycles. The zero-order valence-electron chi connectivity index (χ0n) is 7.52. The van der Waals surface area contributed by atoms with Gasteiger partial charge >= 0.3 is 0 Å². The van der Waals surface area contributed by atoms with Crippen molar-refractivity contribution in [3.63, 3.8) is 0 Å². The topological polar surface area (TPSA) is 12.0 Å². The Morgan fingerprint density at radius 1 is 1.42 bits per heavy atom. The van der Waals surface area contributed by atoms with Gasteiger partial charge in [0.25, 0.3) is 0 Å². The maximum Gasteiger partial charge on any atom is 0.0640 e. The summed E-state index contributed by atoms with van der Waals surface area (Å²) >= 11 is 6.00. The van der Waals surface area contributed by atoms with Gasteiger partial charge in [0.2, 0.25) is 0 Å². The van der Waals surface area contributed by atoms with Crippen molar-refractivity contribution in [3.05, 3.63) is 28.8 Å². The van der Waals surface area contributed by atoms with E-state index in [0.29, 0.717) is 0 Å². The highest BCUT2D eigenvalue weighted by molar-refractivity contribution is 6.33. The molecule has 1 rings (SSSR count). The average molecular weight is 184 g/mol. The summed E-state index contributed by atoms with van der Waals surface area (Å²) in [7, 11) is 0. The minimum Gasteiger partial charge on any atom is -0.384 e. The number of benzene rings is 1. The lowest BCUT2D eigenvalue weighted by Crippen LogP contribution is -2.01. The first-order valence-electron chi connectivity index (χ1n) is 4.24. The minimum absolute atomic E-state index is 0.809. The van der Waals surface area contributed by atoms with Gasteiger partial charge in [-0.2, -0.15) is 0 Å². The van der Waals surface area contributed by atoms with Gasteiger partial charge in [-0.1, -0.05) is 30.7 Å². The minimum atomic E-state index is 0.809. The predicted molar refractivity (Wildman–Crippen MR) is 55.0 cm³/mol. The van der Waals surface area contributed by atoms with Gasteiger partial charge in [-0.3, -0.25) is 0 Å². The van der Waals surface area contributed by atoms with E-state index in [1.807, 2.05) is 12.1 Å². The molecule has 1 aromatic rings. The van der Waals surface area contributed by atoms with Gasteiger partial charge in [-0.05, 0) is 25.0 Å². The third kappa shape index (κ3) is 2.15. The van der Waals surface area contributed by atoms with E-state index in [0.717, 1.165) is 23.7 Å². The lowest BCUT2D eigenvalue weighted by Gasteiger charge is -2.09. The number of halogens is 1. The molecule has 12 heavy (non-hydrogen) atoms. The van der Waals surface area contributed by atoms with Crippen LogP contribution in [0, 0.1) is 6.92 Å². The van der Waals surface area contributed by atoms with Crippen molar-refractivity contribution in [1.82, 2.24) is 0 Å². The molecule has 0 aliphatic carbocycles. The number of rotatable bonds is 3. The molecule has 0 spiro atoms. The normalized spacial score (nSPS) is 9.92. The number of hydrogen-bond donors (Lipinski definition) is 1. The Labute approximate surface area is 78.7 Å². The van der Waals surface area contributed by atoms with E-state index in [1.165, 1.54) is 5.56 Å². The first kappa shape index (κ1) is 9.40. The number of hydrogen-bond acceptors (Lipinski definition) is 1. The van der Waals surface area contributed by atoms with Gasteiger partial charge in [-0.15, -0.1) is 0 Å². The van der Waals surface area contributed by atoms with Crippen LogP contribution in [-0.2, 0) is 0 Å². The van der Waals surface area contributed by atoms with Gasteiger partial charge < -0.3 is 5.32 Å². The zero-order chi connectivity index (χ0) is 8.97. The quantitative estimate of drug-likeness (QED) is 0.757. The van der Waals surface area contributed by atoms with Crippen molar-refractivity contribution in [2.75, 3.05) is 11.9 Å². The van der Waals surface area contributed by atoms with Crippen molar-refractivity contribution in [2.24, 2.45) is 0 Å². The zero-order valence-corrected chi connectivity index (χ0v) is 8.28. The second-order valence-electron chi connectivity index (χ2n) is 2.86. The smallest absolute Gasteiger partial charge is 0.0640 e. The molecule has 0 aliphatic rings. The van der Waals surface area contributed by atoms with Crippen LogP contribution in [0.1, 0.15) is 18.9 Å². The fourth-order valence-electron chi connectivity index (χ4n) is 1.11. The molecule has 1 nitrogen and oxygen atoms in total. The van der Waals surface area contributed by atoms with Crippen LogP contribution < -0.4 is 5.32 Å². The highest BCUT2D eigenvalue weighted by atomic mass is 35.5. The van der Waals surface area contributed by atoms with E-state index in [1.54, 1.807) is 0 Å². The number of aryl methyl sites for hydroxylation is 1. The van der Waals surface area contributed by atoms with Crippen LogP contribution in [0.15, 0.2) is 18.2 Å². The van der Waals surface area contributed by atoms with Crippen LogP contribution >= 0.6 is 11.6 Å². The predicted octanol–water partition coefficient (Wildman–Crippen LogP) is 3.47. The third-order valence-corrected chi connectivity index (χ3v) is 2.09. The second kappa shape index (κ2) is 4.36. The molecule has 0 bridgehead atoms. The maximum absolute atomic E-state index is 6.00. The van der Waals surface area contributed by atoms with Crippen LogP contribution in [0.4, 0.5) is 5.69 Å². The van der Waals surface area contributed by atoms with Gasteiger partial charge in [-0.25, -0.2) is 0 Å². The molecule has 1 aromatic carbocycles. The molecule has 0 amide bonds. The molecule has 0 aliphatic heterocycles. The Balaban J connectivity index is 2.81. The van der Waals surface area contributed by atoms with E-state index in [2.05, 4.69) is 25.2 Å². The number of anilines is 1. The molecule has 0 heterocycles. The highest BCUT2D eigenvalue weighted by Gasteiger charge is 2.00. The van der Waals surface area contributed by atoms with Crippen molar-refractivity contribution in [2.45, 2.75) is 20.3 Å². The molecular formula is C10H14ClN. The summed E-state index contributed by atoms with van der Waals surface area (Å²) in [4.78, 5) is 0. The van der Waals surface area contributed by atoms with Crippen molar-refractivity contribution < 1.29 is 0 Å². The Morgan fingerprint density at radius 2 is 2.17 bits per heavy atom.